The molecular formula is C16H23NO3S. The maximum absolute atomic E-state index is 12.4. The minimum atomic E-state index is -1.14. The number of amides is 1. The topological polar surface area (TPSA) is 66.4 Å². The summed E-state index contributed by atoms with van der Waals surface area (Å²) in [6.07, 6.45) is 4.66. The van der Waals surface area contributed by atoms with E-state index in [-0.39, 0.29) is 11.8 Å². The highest BCUT2D eigenvalue weighted by Gasteiger charge is 2.48. The molecule has 116 valence electrons. The summed E-state index contributed by atoms with van der Waals surface area (Å²) in [5.41, 5.74) is 0.0636. The predicted molar refractivity (Wildman–Crippen MR) is 83.9 cm³/mol. The predicted octanol–water partition coefficient (Wildman–Crippen LogP) is 3.25. The number of carbonyl (C=O) groups is 2. The number of aliphatic carboxylic acids is 1. The van der Waals surface area contributed by atoms with Crippen LogP contribution in [0.25, 0.3) is 0 Å². The first kappa shape index (κ1) is 16.0. The van der Waals surface area contributed by atoms with E-state index in [0.717, 1.165) is 32.1 Å². The maximum Gasteiger partial charge on any atom is 0.329 e. The molecule has 1 aliphatic carbocycles. The van der Waals surface area contributed by atoms with Gasteiger partial charge in [0.25, 0.3) is 5.91 Å². The first-order valence-electron chi connectivity index (χ1n) is 7.59. The van der Waals surface area contributed by atoms with E-state index >= 15 is 0 Å². The van der Waals surface area contributed by atoms with Crippen molar-refractivity contribution in [1.29, 1.82) is 0 Å². The summed E-state index contributed by atoms with van der Waals surface area (Å²) in [5, 5.41) is 12.2. The molecule has 0 saturated heterocycles. The number of hydrogen-bond acceptors (Lipinski definition) is 3. The van der Waals surface area contributed by atoms with Crippen molar-refractivity contribution in [3.05, 3.63) is 21.4 Å². The average Bonchev–Trinajstić information content (AvgIpc) is 3.21. The fraction of sp³-hybridized carbons (Fsp3) is 0.625. The number of carboxylic acid groups (broad SMARTS) is 1. The van der Waals surface area contributed by atoms with Gasteiger partial charge < -0.3 is 10.4 Å². The molecule has 4 nitrogen and oxygen atoms in total. The summed E-state index contributed by atoms with van der Waals surface area (Å²) in [4.78, 5) is 25.8. The number of rotatable bonds is 7. The second kappa shape index (κ2) is 6.18. The Balaban J connectivity index is 2.18. The average molecular weight is 309 g/mol. The minimum absolute atomic E-state index is 0.0553. The largest absolute Gasteiger partial charge is 0.480 e. The first-order chi connectivity index (χ1) is 9.92. The molecule has 1 aliphatic rings. The molecular weight excluding hydrogens is 286 g/mol. The number of nitrogens with one attached hydrogen (secondary N) is 1. The van der Waals surface area contributed by atoms with Crippen molar-refractivity contribution in [2.45, 2.75) is 58.4 Å². The Kier molecular flexibility index (Phi) is 4.71. The van der Waals surface area contributed by atoms with Gasteiger partial charge in [0.1, 0.15) is 5.54 Å². The Morgan fingerprint density at radius 2 is 2.10 bits per heavy atom. The van der Waals surface area contributed by atoms with E-state index < -0.39 is 11.5 Å². The van der Waals surface area contributed by atoms with E-state index in [4.69, 9.17) is 0 Å². The van der Waals surface area contributed by atoms with Gasteiger partial charge in [-0.2, -0.15) is 0 Å². The molecule has 21 heavy (non-hydrogen) atoms. The van der Waals surface area contributed by atoms with Crippen molar-refractivity contribution < 1.29 is 14.7 Å². The molecule has 1 saturated carbocycles. The highest BCUT2D eigenvalue weighted by Crippen LogP contribution is 2.40. The summed E-state index contributed by atoms with van der Waals surface area (Å²) in [6.45, 7) is 5.81. The van der Waals surface area contributed by atoms with Crippen LogP contribution >= 0.6 is 11.3 Å². The molecule has 1 aromatic rings. The van der Waals surface area contributed by atoms with Gasteiger partial charge in [-0.25, -0.2) is 4.79 Å². The van der Waals surface area contributed by atoms with Gasteiger partial charge in [0, 0.05) is 4.88 Å². The van der Waals surface area contributed by atoms with Crippen LogP contribution in [-0.2, 0) is 17.6 Å². The SMILES string of the molecule is CCCc1sc(C(=O)NC(C)(C(=O)O)C2CC2)cc1CC. The van der Waals surface area contributed by atoms with E-state index in [9.17, 15) is 14.7 Å². The second-order valence-electron chi connectivity index (χ2n) is 5.90. The van der Waals surface area contributed by atoms with E-state index in [1.54, 1.807) is 6.92 Å². The third-order valence-corrected chi connectivity index (χ3v) is 5.43. The zero-order valence-electron chi connectivity index (χ0n) is 12.9. The van der Waals surface area contributed by atoms with Gasteiger partial charge in [0.05, 0.1) is 4.88 Å². The van der Waals surface area contributed by atoms with Crippen molar-refractivity contribution in [2.75, 3.05) is 0 Å². The van der Waals surface area contributed by atoms with Gasteiger partial charge in [0.2, 0.25) is 0 Å². The molecule has 0 spiro atoms. The Morgan fingerprint density at radius 1 is 1.43 bits per heavy atom. The van der Waals surface area contributed by atoms with Crippen LogP contribution in [0, 0.1) is 5.92 Å². The summed E-state index contributed by atoms with van der Waals surface area (Å²) >= 11 is 1.50. The van der Waals surface area contributed by atoms with E-state index in [1.807, 2.05) is 6.07 Å². The second-order valence-corrected chi connectivity index (χ2v) is 7.04. The number of thiophene rings is 1. The van der Waals surface area contributed by atoms with Crippen LogP contribution in [0.4, 0.5) is 0 Å². The van der Waals surface area contributed by atoms with Crippen molar-refractivity contribution in [3.63, 3.8) is 0 Å². The number of carboxylic acids is 1. The van der Waals surface area contributed by atoms with Gasteiger partial charge in [-0.15, -0.1) is 11.3 Å². The molecule has 1 aromatic heterocycles. The third kappa shape index (κ3) is 3.28. The van der Waals surface area contributed by atoms with Crippen molar-refractivity contribution >= 4 is 23.2 Å². The fourth-order valence-electron chi connectivity index (χ4n) is 2.60. The van der Waals surface area contributed by atoms with Crippen molar-refractivity contribution in [1.82, 2.24) is 5.32 Å². The molecule has 1 fully saturated rings. The number of carbonyl (C=O) groups excluding carboxylic acids is 1. The summed E-state index contributed by atoms with van der Waals surface area (Å²) in [5.74, 6) is -1.15. The molecule has 5 heteroatoms. The fourth-order valence-corrected chi connectivity index (χ4v) is 3.86. The lowest BCUT2D eigenvalue weighted by Crippen LogP contribution is -2.53. The Morgan fingerprint density at radius 3 is 2.57 bits per heavy atom. The van der Waals surface area contributed by atoms with E-state index in [1.165, 1.54) is 21.8 Å². The van der Waals surface area contributed by atoms with Gasteiger partial charge >= 0.3 is 5.97 Å². The van der Waals surface area contributed by atoms with Crippen LogP contribution in [0.2, 0.25) is 0 Å². The van der Waals surface area contributed by atoms with Crippen LogP contribution in [0.5, 0.6) is 0 Å². The molecule has 0 aromatic carbocycles. The standard InChI is InChI=1S/C16H23NO3S/c1-4-6-12-10(5-2)9-13(21-12)14(18)17-16(3,15(19)20)11-7-8-11/h9,11H,4-8H2,1-3H3,(H,17,18)(H,19,20). The molecule has 0 aliphatic heterocycles. The number of aryl methyl sites for hydroxylation is 2. The van der Waals surface area contributed by atoms with Crippen LogP contribution in [-0.4, -0.2) is 22.5 Å². The maximum atomic E-state index is 12.4. The molecule has 0 bridgehead atoms. The Bertz CT molecular complexity index is 548. The third-order valence-electron chi connectivity index (χ3n) is 4.19. The van der Waals surface area contributed by atoms with E-state index in [2.05, 4.69) is 19.2 Å². The molecule has 2 N–H and O–H groups in total. The molecule has 1 atom stereocenters. The lowest BCUT2D eigenvalue weighted by atomic mass is 9.96. The van der Waals surface area contributed by atoms with Gasteiger partial charge in [0.15, 0.2) is 0 Å². The lowest BCUT2D eigenvalue weighted by Gasteiger charge is -2.25. The van der Waals surface area contributed by atoms with Crippen molar-refractivity contribution in [3.8, 4) is 0 Å². The van der Waals surface area contributed by atoms with Gasteiger partial charge in [-0.3, -0.25) is 4.79 Å². The summed E-state index contributed by atoms with van der Waals surface area (Å²) in [6, 6.07) is 1.92. The van der Waals surface area contributed by atoms with Gasteiger partial charge in [-0.05, 0) is 50.2 Å². The van der Waals surface area contributed by atoms with Crippen LogP contribution in [0.15, 0.2) is 6.07 Å². The van der Waals surface area contributed by atoms with Crippen LogP contribution in [0.1, 0.15) is 60.1 Å². The van der Waals surface area contributed by atoms with Crippen LogP contribution in [0.3, 0.4) is 0 Å². The van der Waals surface area contributed by atoms with E-state index in [0.29, 0.717) is 4.88 Å². The smallest absolute Gasteiger partial charge is 0.329 e. The zero-order chi connectivity index (χ0) is 15.6. The van der Waals surface area contributed by atoms with Crippen molar-refractivity contribution in [2.24, 2.45) is 5.92 Å². The summed E-state index contributed by atoms with van der Waals surface area (Å²) in [7, 11) is 0. The molecule has 2 rings (SSSR count). The quantitative estimate of drug-likeness (QED) is 0.812. The van der Waals surface area contributed by atoms with Crippen LogP contribution < -0.4 is 5.32 Å². The highest BCUT2D eigenvalue weighted by molar-refractivity contribution is 7.14. The molecule has 1 amide bonds. The molecule has 1 unspecified atom stereocenters. The molecule has 1 heterocycles. The lowest BCUT2D eigenvalue weighted by molar-refractivity contribution is -0.144. The number of hydrogen-bond donors (Lipinski definition) is 2. The Hall–Kier alpha value is -1.36. The first-order valence-corrected chi connectivity index (χ1v) is 8.41. The minimum Gasteiger partial charge on any atom is -0.480 e. The van der Waals surface area contributed by atoms with Gasteiger partial charge in [-0.1, -0.05) is 20.3 Å². The normalized spacial score (nSPS) is 17.3. The highest BCUT2D eigenvalue weighted by atomic mass is 32.1. The summed E-state index contributed by atoms with van der Waals surface area (Å²) < 4.78 is 0. The zero-order valence-corrected chi connectivity index (χ0v) is 13.7. The monoisotopic (exact) mass is 309 g/mol. The molecule has 0 radical (unpaired) electrons. The Labute approximate surface area is 129 Å².